The number of pyridine rings is 1. The number of ether oxygens (including phenoxy) is 1. The lowest BCUT2D eigenvalue weighted by Gasteiger charge is -2.47. The first kappa shape index (κ1) is 18.7. The number of carbonyl (C=O) groups excluding carboxylic acids is 2. The van der Waals surface area contributed by atoms with Gasteiger partial charge >= 0.3 is 0 Å². The van der Waals surface area contributed by atoms with Crippen molar-refractivity contribution in [3.05, 3.63) is 29.0 Å². The fourth-order valence-corrected chi connectivity index (χ4v) is 4.78. The van der Waals surface area contributed by atoms with Gasteiger partial charge in [0.25, 0.3) is 5.91 Å². The van der Waals surface area contributed by atoms with Crippen molar-refractivity contribution in [2.24, 2.45) is 5.41 Å². The second-order valence-electron chi connectivity index (χ2n) is 8.09. The molecule has 1 aromatic heterocycles. The predicted molar refractivity (Wildman–Crippen MR) is 102 cm³/mol. The number of carbonyl (C=O) groups is 2. The maximum atomic E-state index is 12.7. The molecule has 1 spiro atoms. The SMILES string of the molecule is O=C1CCC2(CCN(C(=O)c3cncc(Cl)c3)CC2)CN1C[C@H]1CCCO1. The monoisotopic (exact) mass is 391 g/mol. The van der Waals surface area contributed by atoms with Crippen molar-refractivity contribution in [3.8, 4) is 0 Å². The highest BCUT2D eigenvalue weighted by molar-refractivity contribution is 6.30. The van der Waals surface area contributed by atoms with E-state index in [0.29, 0.717) is 30.1 Å². The third-order valence-corrected chi connectivity index (χ3v) is 6.47. The molecular formula is C20H26ClN3O3. The van der Waals surface area contributed by atoms with Gasteiger partial charge in [-0.15, -0.1) is 0 Å². The molecule has 0 unspecified atom stereocenters. The predicted octanol–water partition coefficient (Wildman–Crippen LogP) is 2.76. The smallest absolute Gasteiger partial charge is 0.255 e. The standard InChI is InChI=1S/C20H26ClN3O3/c21-16-10-15(11-22-12-16)19(26)23-7-5-20(6-8-23)4-3-18(25)24(14-20)13-17-2-1-9-27-17/h10-12,17H,1-9,13-14H2/t17-/m1/s1. The average molecular weight is 392 g/mol. The Morgan fingerprint density at radius 3 is 2.81 bits per heavy atom. The summed E-state index contributed by atoms with van der Waals surface area (Å²) in [7, 11) is 0. The van der Waals surface area contributed by atoms with E-state index < -0.39 is 0 Å². The third kappa shape index (κ3) is 4.11. The zero-order chi connectivity index (χ0) is 18.9. The highest BCUT2D eigenvalue weighted by Crippen LogP contribution is 2.40. The fraction of sp³-hybridized carbons (Fsp3) is 0.650. The van der Waals surface area contributed by atoms with E-state index in [1.54, 1.807) is 12.3 Å². The first-order valence-corrected chi connectivity index (χ1v) is 10.2. The number of hydrogen-bond acceptors (Lipinski definition) is 4. The molecule has 0 aromatic carbocycles. The van der Waals surface area contributed by atoms with Crippen molar-refractivity contribution in [1.82, 2.24) is 14.8 Å². The van der Waals surface area contributed by atoms with Crippen molar-refractivity contribution in [2.45, 2.75) is 44.6 Å². The molecule has 27 heavy (non-hydrogen) atoms. The minimum absolute atomic E-state index is 0.0112. The number of aromatic nitrogens is 1. The molecule has 3 fully saturated rings. The van der Waals surface area contributed by atoms with Gasteiger partial charge in [-0.25, -0.2) is 0 Å². The lowest BCUT2D eigenvalue weighted by Crippen LogP contribution is -2.53. The van der Waals surface area contributed by atoms with Gasteiger partial charge in [-0.3, -0.25) is 14.6 Å². The van der Waals surface area contributed by atoms with Gasteiger partial charge in [0, 0.05) is 51.6 Å². The summed E-state index contributed by atoms with van der Waals surface area (Å²) < 4.78 is 5.72. The van der Waals surface area contributed by atoms with E-state index in [0.717, 1.165) is 51.8 Å². The third-order valence-electron chi connectivity index (χ3n) is 6.26. The topological polar surface area (TPSA) is 62.7 Å². The summed E-state index contributed by atoms with van der Waals surface area (Å²) in [5.41, 5.74) is 0.674. The molecule has 2 amide bonds. The second kappa shape index (κ2) is 7.76. The maximum absolute atomic E-state index is 12.7. The van der Waals surface area contributed by atoms with Crippen molar-refractivity contribution >= 4 is 23.4 Å². The average Bonchev–Trinajstić information content (AvgIpc) is 3.18. The number of piperidine rings is 2. The van der Waals surface area contributed by atoms with E-state index in [1.807, 2.05) is 9.80 Å². The van der Waals surface area contributed by atoms with Crippen LogP contribution in [-0.2, 0) is 9.53 Å². The molecule has 0 radical (unpaired) electrons. The zero-order valence-electron chi connectivity index (χ0n) is 15.5. The molecule has 4 heterocycles. The van der Waals surface area contributed by atoms with Crippen molar-refractivity contribution < 1.29 is 14.3 Å². The number of amides is 2. The Balaban J connectivity index is 1.37. The minimum atomic E-state index is -0.0112. The molecule has 4 rings (SSSR count). The van der Waals surface area contributed by atoms with Crippen LogP contribution in [0.3, 0.4) is 0 Å². The molecule has 1 atom stereocenters. The highest BCUT2D eigenvalue weighted by atomic mass is 35.5. The first-order valence-electron chi connectivity index (χ1n) is 9.84. The summed E-state index contributed by atoms with van der Waals surface area (Å²) >= 11 is 5.96. The Hall–Kier alpha value is -1.66. The maximum Gasteiger partial charge on any atom is 0.255 e. The molecule has 7 heteroatoms. The van der Waals surface area contributed by atoms with E-state index in [9.17, 15) is 9.59 Å². The van der Waals surface area contributed by atoms with E-state index in [2.05, 4.69) is 4.98 Å². The minimum Gasteiger partial charge on any atom is -0.376 e. The van der Waals surface area contributed by atoms with Gasteiger partial charge in [0.15, 0.2) is 0 Å². The quantitative estimate of drug-likeness (QED) is 0.794. The van der Waals surface area contributed by atoms with Gasteiger partial charge in [-0.05, 0) is 43.6 Å². The summed E-state index contributed by atoms with van der Waals surface area (Å²) in [6, 6.07) is 1.67. The Morgan fingerprint density at radius 2 is 2.11 bits per heavy atom. The van der Waals surface area contributed by atoms with Crippen LogP contribution < -0.4 is 0 Å². The van der Waals surface area contributed by atoms with Gasteiger partial charge in [0.1, 0.15) is 0 Å². The van der Waals surface area contributed by atoms with Crippen LogP contribution in [0.25, 0.3) is 0 Å². The van der Waals surface area contributed by atoms with Crippen molar-refractivity contribution in [3.63, 3.8) is 0 Å². The number of halogens is 1. The van der Waals surface area contributed by atoms with Crippen LogP contribution in [0.1, 0.15) is 48.9 Å². The lowest BCUT2D eigenvalue weighted by atomic mass is 9.72. The molecule has 0 aliphatic carbocycles. The summed E-state index contributed by atoms with van der Waals surface area (Å²) in [5.74, 6) is 0.239. The van der Waals surface area contributed by atoms with Gasteiger partial charge in [0.05, 0.1) is 16.7 Å². The van der Waals surface area contributed by atoms with Gasteiger partial charge in [-0.1, -0.05) is 11.6 Å². The molecular weight excluding hydrogens is 366 g/mol. The van der Waals surface area contributed by atoms with E-state index in [1.165, 1.54) is 6.20 Å². The molecule has 3 saturated heterocycles. The molecule has 0 bridgehead atoms. The van der Waals surface area contributed by atoms with Crippen LogP contribution in [-0.4, -0.2) is 65.5 Å². The van der Waals surface area contributed by atoms with Crippen LogP contribution in [0, 0.1) is 5.41 Å². The van der Waals surface area contributed by atoms with Crippen LogP contribution >= 0.6 is 11.6 Å². The van der Waals surface area contributed by atoms with Crippen molar-refractivity contribution in [1.29, 1.82) is 0 Å². The largest absolute Gasteiger partial charge is 0.376 e. The van der Waals surface area contributed by atoms with Gasteiger partial charge in [0.2, 0.25) is 5.91 Å². The second-order valence-corrected chi connectivity index (χ2v) is 8.53. The van der Waals surface area contributed by atoms with E-state index in [4.69, 9.17) is 16.3 Å². The molecule has 146 valence electrons. The normalized spacial score (nSPS) is 25.2. The van der Waals surface area contributed by atoms with Crippen LogP contribution in [0.4, 0.5) is 0 Å². The van der Waals surface area contributed by atoms with E-state index >= 15 is 0 Å². The number of likely N-dealkylation sites (tertiary alicyclic amines) is 2. The van der Waals surface area contributed by atoms with Crippen LogP contribution in [0.2, 0.25) is 5.02 Å². The Labute approximate surface area is 164 Å². The molecule has 3 aliphatic rings. The summed E-state index contributed by atoms with van der Waals surface area (Å²) in [4.78, 5) is 33.0. The fourth-order valence-electron chi connectivity index (χ4n) is 4.61. The molecule has 3 aliphatic heterocycles. The van der Waals surface area contributed by atoms with Gasteiger partial charge in [-0.2, -0.15) is 0 Å². The molecule has 6 nitrogen and oxygen atoms in total. The highest BCUT2D eigenvalue weighted by Gasteiger charge is 2.42. The Bertz CT molecular complexity index is 712. The number of hydrogen-bond donors (Lipinski definition) is 0. The Kier molecular flexibility index (Phi) is 5.37. The lowest BCUT2D eigenvalue weighted by molar-refractivity contribution is -0.141. The van der Waals surface area contributed by atoms with Crippen molar-refractivity contribution in [2.75, 3.05) is 32.8 Å². The zero-order valence-corrected chi connectivity index (χ0v) is 16.3. The molecule has 0 saturated carbocycles. The number of nitrogens with zero attached hydrogens (tertiary/aromatic N) is 3. The Morgan fingerprint density at radius 1 is 1.30 bits per heavy atom. The summed E-state index contributed by atoms with van der Waals surface area (Å²) in [6.07, 6.45) is 8.84. The van der Waals surface area contributed by atoms with Gasteiger partial charge < -0.3 is 14.5 Å². The van der Waals surface area contributed by atoms with Crippen LogP contribution in [0.5, 0.6) is 0 Å². The van der Waals surface area contributed by atoms with E-state index in [-0.39, 0.29) is 23.3 Å². The van der Waals surface area contributed by atoms with Crippen LogP contribution in [0.15, 0.2) is 18.5 Å². The summed E-state index contributed by atoms with van der Waals surface area (Å²) in [6.45, 7) is 3.76. The first-order chi connectivity index (χ1) is 13.0. The molecule has 0 N–H and O–H groups in total. The number of rotatable bonds is 3. The molecule has 1 aromatic rings. The summed E-state index contributed by atoms with van der Waals surface area (Å²) in [5, 5.41) is 0.477.